The first-order valence-corrected chi connectivity index (χ1v) is 10.8. The molecule has 7 rings (SSSR count). The van der Waals surface area contributed by atoms with Gasteiger partial charge in [0, 0.05) is 5.69 Å². The third kappa shape index (κ3) is 2.36. The van der Waals surface area contributed by atoms with Crippen molar-refractivity contribution in [1.82, 2.24) is 25.2 Å². The van der Waals surface area contributed by atoms with Crippen molar-refractivity contribution in [2.45, 2.75) is 51.0 Å². The number of benzene rings is 1. The van der Waals surface area contributed by atoms with Gasteiger partial charge in [0.05, 0.1) is 26.2 Å². The van der Waals surface area contributed by atoms with Gasteiger partial charge >= 0.3 is 0 Å². The van der Waals surface area contributed by atoms with E-state index in [1.807, 2.05) is 25.1 Å². The minimum Gasteiger partial charge on any atom is -0.326 e. The lowest BCUT2D eigenvalue weighted by molar-refractivity contribution is -0.152. The molecule has 2 aromatic heterocycles. The molecule has 0 aliphatic heterocycles. The molecular weight excluding hydrogens is 372 g/mol. The molecule has 8 heteroatoms. The summed E-state index contributed by atoms with van der Waals surface area (Å²) in [6.07, 6.45) is 7.66. The van der Waals surface area contributed by atoms with Crippen LogP contribution in [0.1, 0.15) is 43.5 Å². The Bertz CT molecular complexity index is 1060. The normalized spacial score (nSPS) is 33.5. The summed E-state index contributed by atoms with van der Waals surface area (Å²) in [4.78, 5) is 19.8. The molecule has 0 radical (unpaired) electrons. The number of fused-ring (bicyclic) bond motifs is 1. The number of amides is 1. The van der Waals surface area contributed by atoms with Crippen LogP contribution in [0.4, 0.5) is 5.69 Å². The van der Waals surface area contributed by atoms with Crippen LogP contribution in [0, 0.1) is 24.2 Å². The molecule has 4 bridgehead atoms. The molecular formula is C20H22N6OS. The van der Waals surface area contributed by atoms with E-state index in [2.05, 4.69) is 25.7 Å². The fraction of sp³-hybridized carbons (Fsp3) is 0.550. The van der Waals surface area contributed by atoms with E-state index in [1.54, 1.807) is 16.1 Å². The number of hydrogen-bond donors (Lipinski definition) is 1. The Morgan fingerprint density at radius 1 is 1.25 bits per heavy atom. The number of anilines is 1. The van der Waals surface area contributed by atoms with E-state index < -0.39 is 0 Å². The van der Waals surface area contributed by atoms with Gasteiger partial charge in [-0.1, -0.05) is 0 Å². The molecule has 144 valence electrons. The number of aromatic nitrogens is 5. The van der Waals surface area contributed by atoms with Crippen molar-refractivity contribution in [1.29, 1.82) is 0 Å². The summed E-state index contributed by atoms with van der Waals surface area (Å²) in [5.41, 5.74) is 1.39. The number of nitrogens with zero attached hydrogens (tertiary/aromatic N) is 5. The van der Waals surface area contributed by atoms with E-state index in [9.17, 15) is 4.79 Å². The number of nitrogens with one attached hydrogen (secondary N) is 1. The number of carbonyl (C=O) groups is 1. The number of rotatable bonds is 3. The van der Waals surface area contributed by atoms with Gasteiger partial charge in [-0.25, -0.2) is 4.98 Å². The number of carbonyl (C=O) groups excluding carboxylic acids is 1. The molecule has 1 aromatic carbocycles. The molecule has 1 N–H and O–H groups in total. The summed E-state index contributed by atoms with van der Waals surface area (Å²) in [6.45, 7) is 2.01. The number of thiazole rings is 1. The average Bonchev–Trinajstić information content (AvgIpc) is 3.29. The second-order valence-electron chi connectivity index (χ2n) is 9.06. The minimum atomic E-state index is -0.323. The highest BCUT2D eigenvalue weighted by Gasteiger charge is 2.62. The first-order chi connectivity index (χ1) is 13.5. The van der Waals surface area contributed by atoms with E-state index >= 15 is 0 Å². The standard InChI is InChI=1S/C20H22N6OS/c1-12-23-16-3-2-15(5-17(16)28-12)24-18(27)19-6-13-4-14(7-19)9-20(8-13,10-19)26-22-11-21-25-26/h2-3,5,11,13-14H,4,6-10H2,1H3,(H,24,27)/t13-,14-,19?,20?/m0/s1. The summed E-state index contributed by atoms with van der Waals surface area (Å²) in [5, 5.41) is 16.8. The maximum atomic E-state index is 13.5. The first kappa shape index (κ1) is 16.6. The van der Waals surface area contributed by atoms with Crippen LogP contribution < -0.4 is 5.32 Å². The molecule has 4 aliphatic rings. The van der Waals surface area contributed by atoms with Crippen LogP contribution in [0.15, 0.2) is 24.5 Å². The summed E-state index contributed by atoms with van der Waals surface area (Å²) < 4.78 is 1.11. The Balaban J connectivity index is 1.32. The van der Waals surface area contributed by atoms with E-state index in [-0.39, 0.29) is 16.9 Å². The molecule has 3 aromatic rings. The van der Waals surface area contributed by atoms with Crippen LogP contribution in [-0.2, 0) is 10.3 Å². The van der Waals surface area contributed by atoms with Crippen molar-refractivity contribution >= 4 is 33.1 Å². The molecule has 0 saturated heterocycles. The van der Waals surface area contributed by atoms with Crippen molar-refractivity contribution in [3.63, 3.8) is 0 Å². The Labute approximate surface area is 166 Å². The largest absolute Gasteiger partial charge is 0.326 e. The maximum Gasteiger partial charge on any atom is 0.230 e. The van der Waals surface area contributed by atoms with Gasteiger partial charge in [0.15, 0.2) is 6.33 Å². The molecule has 2 atom stereocenters. The van der Waals surface area contributed by atoms with Gasteiger partial charge in [0.1, 0.15) is 0 Å². The highest BCUT2D eigenvalue weighted by molar-refractivity contribution is 7.18. The van der Waals surface area contributed by atoms with Crippen molar-refractivity contribution in [3.05, 3.63) is 29.5 Å². The monoisotopic (exact) mass is 394 g/mol. The van der Waals surface area contributed by atoms with Crippen molar-refractivity contribution in [2.75, 3.05) is 5.32 Å². The summed E-state index contributed by atoms with van der Waals surface area (Å²) in [6, 6.07) is 6.01. The Morgan fingerprint density at radius 2 is 2.07 bits per heavy atom. The molecule has 4 aliphatic carbocycles. The maximum absolute atomic E-state index is 13.5. The fourth-order valence-electron chi connectivity index (χ4n) is 6.48. The van der Waals surface area contributed by atoms with Crippen molar-refractivity contribution in [3.8, 4) is 0 Å². The first-order valence-electron chi connectivity index (χ1n) is 9.96. The Morgan fingerprint density at radius 3 is 2.82 bits per heavy atom. The van der Waals surface area contributed by atoms with Crippen LogP contribution in [0.2, 0.25) is 0 Å². The molecule has 7 nitrogen and oxygen atoms in total. The zero-order valence-electron chi connectivity index (χ0n) is 15.8. The van der Waals surface area contributed by atoms with Gasteiger partial charge in [-0.2, -0.15) is 4.80 Å². The van der Waals surface area contributed by atoms with Gasteiger partial charge in [0.2, 0.25) is 5.91 Å². The van der Waals surface area contributed by atoms with E-state index in [0.29, 0.717) is 11.8 Å². The molecule has 28 heavy (non-hydrogen) atoms. The lowest BCUT2D eigenvalue weighted by Gasteiger charge is -2.60. The van der Waals surface area contributed by atoms with Crippen molar-refractivity contribution in [2.24, 2.45) is 17.3 Å². The highest BCUT2D eigenvalue weighted by Crippen LogP contribution is 2.64. The zero-order chi connectivity index (χ0) is 18.9. The van der Waals surface area contributed by atoms with Gasteiger partial charge < -0.3 is 5.32 Å². The van der Waals surface area contributed by atoms with Crippen molar-refractivity contribution < 1.29 is 4.79 Å². The summed E-state index contributed by atoms with van der Waals surface area (Å²) >= 11 is 1.66. The predicted octanol–water partition coefficient (Wildman–Crippen LogP) is 3.53. The van der Waals surface area contributed by atoms with Gasteiger partial charge in [-0.15, -0.1) is 21.5 Å². The topological polar surface area (TPSA) is 85.6 Å². The molecule has 4 saturated carbocycles. The molecule has 0 unspecified atom stereocenters. The highest BCUT2D eigenvalue weighted by atomic mass is 32.1. The molecule has 0 spiro atoms. The average molecular weight is 395 g/mol. The number of hydrogen-bond acceptors (Lipinski definition) is 6. The lowest BCUT2D eigenvalue weighted by atomic mass is 9.46. The smallest absolute Gasteiger partial charge is 0.230 e. The Hall–Kier alpha value is -2.35. The molecule has 2 heterocycles. The third-order valence-corrected chi connectivity index (χ3v) is 7.97. The SMILES string of the molecule is Cc1nc2ccc(NC(=O)C34C[C@@H]5C[C@@H](C3)CC(n3ncnn3)(C5)C4)cc2s1. The molecule has 4 fully saturated rings. The molecule has 1 amide bonds. The zero-order valence-corrected chi connectivity index (χ0v) is 16.6. The quantitative estimate of drug-likeness (QED) is 0.734. The van der Waals surface area contributed by atoms with Crippen LogP contribution in [-0.4, -0.2) is 31.1 Å². The fourth-order valence-corrected chi connectivity index (χ4v) is 7.35. The van der Waals surface area contributed by atoms with E-state index in [4.69, 9.17) is 0 Å². The van der Waals surface area contributed by atoms with Gasteiger partial charge in [-0.05, 0) is 80.7 Å². The summed E-state index contributed by atoms with van der Waals surface area (Å²) in [7, 11) is 0. The van der Waals surface area contributed by atoms with Crippen LogP contribution in [0.25, 0.3) is 10.2 Å². The van der Waals surface area contributed by atoms with E-state index in [0.717, 1.165) is 53.0 Å². The second kappa shape index (κ2) is 5.59. The minimum absolute atomic E-state index is 0.142. The predicted molar refractivity (Wildman–Crippen MR) is 106 cm³/mol. The second-order valence-corrected chi connectivity index (χ2v) is 10.3. The number of tetrazole rings is 1. The summed E-state index contributed by atoms with van der Waals surface area (Å²) in [5.74, 6) is 1.31. The van der Waals surface area contributed by atoms with Crippen LogP contribution in [0.5, 0.6) is 0 Å². The lowest BCUT2D eigenvalue weighted by Crippen LogP contribution is -2.60. The van der Waals surface area contributed by atoms with Gasteiger partial charge in [-0.3, -0.25) is 4.79 Å². The van der Waals surface area contributed by atoms with E-state index in [1.165, 1.54) is 12.7 Å². The third-order valence-electron chi connectivity index (χ3n) is 7.04. The Kier molecular flexibility index (Phi) is 3.31. The van der Waals surface area contributed by atoms with Crippen LogP contribution in [0.3, 0.4) is 0 Å². The van der Waals surface area contributed by atoms with Gasteiger partial charge in [0.25, 0.3) is 0 Å². The number of aryl methyl sites for hydroxylation is 1. The van der Waals surface area contributed by atoms with Crippen LogP contribution >= 0.6 is 11.3 Å².